The lowest BCUT2D eigenvalue weighted by atomic mass is 9.99. The van der Waals surface area contributed by atoms with E-state index < -0.39 is 18.1 Å². The van der Waals surface area contributed by atoms with Crippen molar-refractivity contribution >= 4 is 5.97 Å². The minimum absolute atomic E-state index is 0.340. The van der Waals surface area contributed by atoms with Crippen molar-refractivity contribution in [2.45, 2.75) is 38.8 Å². The van der Waals surface area contributed by atoms with Gasteiger partial charge in [0.1, 0.15) is 6.04 Å². The Labute approximate surface area is 90.2 Å². The van der Waals surface area contributed by atoms with Crippen LogP contribution in [0.2, 0.25) is 0 Å². The van der Waals surface area contributed by atoms with Crippen LogP contribution in [0.3, 0.4) is 0 Å². The van der Waals surface area contributed by atoms with Crippen LogP contribution in [0.25, 0.3) is 0 Å². The van der Waals surface area contributed by atoms with E-state index in [-0.39, 0.29) is 0 Å². The second-order valence-corrected chi connectivity index (χ2v) is 4.14. The largest absolute Gasteiger partial charge is 0.480 e. The van der Waals surface area contributed by atoms with Gasteiger partial charge in [-0.3, -0.25) is 9.69 Å². The van der Waals surface area contributed by atoms with E-state index >= 15 is 0 Å². The fraction of sp³-hybridized carbons (Fsp3) is 0.727. The highest BCUT2D eigenvalue weighted by molar-refractivity contribution is 5.73. The zero-order valence-electron chi connectivity index (χ0n) is 9.31. The Kier molecular flexibility index (Phi) is 4.29. The van der Waals surface area contributed by atoms with Crippen LogP contribution in [-0.4, -0.2) is 46.3 Å². The lowest BCUT2D eigenvalue weighted by Crippen LogP contribution is -2.49. The lowest BCUT2D eigenvalue weighted by Gasteiger charge is -2.35. The lowest BCUT2D eigenvalue weighted by molar-refractivity contribution is -0.146. The Morgan fingerprint density at radius 2 is 2.27 bits per heavy atom. The van der Waals surface area contributed by atoms with E-state index in [0.717, 1.165) is 5.57 Å². The molecule has 0 saturated carbocycles. The number of aliphatic carboxylic acids is 1. The number of hydrogen-bond donors (Lipinski definition) is 2. The normalized spacial score (nSPS) is 29.1. The van der Waals surface area contributed by atoms with Crippen LogP contribution < -0.4 is 0 Å². The van der Waals surface area contributed by atoms with Gasteiger partial charge in [0.05, 0.1) is 6.10 Å². The molecule has 0 radical (unpaired) electrons. The van der Waals surface area contributed by atoms with Gasteiger partial charge in [0.15, 0.2) is 0 Å². The SMILES string of the molecule is C/C=C(\C)CN1CC[C@H](O)C[C@@H]1C(=O)O. The van der Waals surface area contributed by atoms with Crippen molar-refractivity contribution in [3.8, 4) is 0 Å². The number of rotatable bonds is 3. The zero-order chi connectivity index (χ0) is 11.4. The molecule has 1 rings (SSSR count). The first kappa shape index (κ1) is 12.2. The highest BCUT2D eigenvalue weighted by Crippen LogP contribution is 2.18. The number of piperidine rings is 1. The Balaban J connectivity index is 2.64. The molecule has 0 aromatic heterocycles. The first-order valence-corrected chi connectivity index (χ1v) is 5.31. The molecule has 1 aliphatic heterocycles. The number of allylic oxidation sites excluding steroid dienone is 1. The van der Waals surface area contributed by atoms with E-state index in [9.17, 15) is 9.90 Å². The van der Waals surface area contributed by atoms with Gasteiger partial charge in [0, 0.05) is 13.1 Å². The Hall–Kier alpha value is -0.870. The molecule has 2 N–H and O–H groups in total. The summed E-state index contributed by atoms with van der Waals surface area (Å²) in [4.78, 5) is 12.9. The number of carboxylic acid groups (broad SMARTS) is 1. The molecule has 0 spiro atoms. The summed E-state index contributed by atoms with van der Waals surface area (Å²) in [7, 11) is 0. The molecule has 1 aliphatic rings. The molecule has 15 heavy (non-hydrogen) atoms. The molecule has 0 aromatic rings. The van der Waals surface area contributed by atoms with E-state index in [0.29, 0.717) is 25.9 Å². The number of likely N-dealkylation sites (tertiary alicyclic amines) is 1. The molecule has 1 saturated heterocycles. The van der Waals surface area contributed by atoms with Gasteiger partial charge >= 0.3 is 5.97 Å². The fourth-order valence-corrected chi connectivity index (χ4v) is 1.85. The first-order valence-electron chi connectivity index (χ1n) is 5.31. The van der Waals surface area contributed by atoms with Crippen molar-refractivity contribution in [2.75, 3.05) is 13.1 Å². The molecule has 0 aromatic carbocycles. The van der Waals surface area contributed by atoms with Crippen LogP contribution in [0.1, 0.15) is 26.7 Å². The van der Waals surface area contributed by atoms with Gasteiger partial charge in [-0.15, -0.1) is 0 Å². The predicted octanol–water partition coefficient (Wildman–Crippen LogP) is 0.863. The predicted molar refractivity (Wildman–Crippen MR) is 57.7 cm³/mol. The summed E-state index contributed by atoms with van der Waals surface area (Å²) >= 11 is 0. The van der Waals surface area contributed by atoms with Crippen LogP contribution >= 0.6 is 0 Å². The van der Waals surface area contributed by atoms with Crippen LogP contribution in [0.5, 0.6) is 0 Å². The first-order chi connectivity index (χ1) is 7.04. The number of carboxylic acids is 1. The number of aliphatic hydroxyl groups excluding tert-OH is 1. The Bertz CT molecular complexity index is 263. The molecule has 0 amide bonds. The summed E-state index contributed by atoms with van der Waals surface area (Å²) < 4.78 is 0. The molecular formula is C11H19NO3. The van der Waals surface area contributed by atoms with E-state index in [1.165, 1.54) is 0 Å². The van der Waals surface area contributed by atoms with Gasteiger partial charge in [-0.2, -0.15) is 0 Å². The average molecular weight is 213 g/mol. The van der Waals surface area contributed by atoms with E-state index in [1.807, 2.05) is 24.8 Å². The maximum Gasteiger partial charge on any atom is 0.321 e. The molecule has 86 valence electrons. The summed E-state index contributed by atoms with van der Waals surface area (Å²) in [5.41, 5.74) is 1.16. The summed E-state index contributed by atoms with van der Waals surface area (Å²) in [5.74, 6) is -0.836. The third-order valence-electron chi connectivity index (χ3n) is 2.92. The summed E-state index contributed by atoms with van der Waals surface area (Å²) in [5, 5.41) is 18.5. The van der Waals surface area contributed by atoms with Crippen molar-refractivity contribution < 1.29 is 15.0 Å². The Morgan fingerprint density at radius 3 is 2.80 bits per heavy atom. The molecule has 2 atom stereocenters. The van der Waals surface area contributed by atoms with E-state index in [4.69, 9.17) is 5.11 Å². The summed E-state index contributed by atoms with van der Waals surface area (Å²) in [6, 6.07) is -0.538. The number of carbonyl (C=O) groups is 1. The van der Waals surface area contributed by atoms with Gasteiger partial charge < -0.3 is 10.2 Å². The number of nitrogens with zero attached hydrogens (tertiary/aromatic N) is 1. The molecule has 1 fully saturated rings. The second kappa shape index (κ2) is 5.28. The minimum Gasteiger partial charge on any atom is -0.480 e. The second-order valence-electron chi connectivity index (χ2n) is 4.14. The molecule has 0 aliphatic carbocycles. The van der Waals surface area contributed by atoms with Gasteiger partial charge in [-0.25, -0.2) is 0 Å². The maximum atomic E-state index is 11.0. The third kappa shape index (κ3) is 3.32. The molecular weight excluding hydrogens is 194 g/mol. The van der Waals surface area contributed by atoms with Crippen LogP contribution in [0.15, 0.2) is 11.6 Å². The topological polar surface area (TPSA) is 60.8 Å². The van der Waals surface area contributed by atoms with Gasteiger partial charge in [-0.05, 0) is 26.7 Å². The van der Waals surface area contributed by atoms with E-state index in [2.05, 4.69) is 0 Å². The zero-order valence-corrected chi connectivity index (χ0v) is 9.31. The third-order valence-corrected chi connectivity index (χ3v) is 2.92. The standard InChI is InChI=1S/C11H19NO3/c1-3-8(2)7-12-5-4-9(13)6-10(12)11(14)15/h3,9-10,13H,4-7H2,1-2H3,(H,14,15)/b8-3+/t9-,10+/m0/s1. The minimum atomic E-state index is -0.836. The maximum absolute atomic E-state index is 11.0. The molecule has 1 heterocycles. The molecule has 0 bridgehead atoms. The Morgan fingerprint density at radius 1 is 1.60 bits per heavy atom. The van der Waals surface area contributed by atoms with Crippen molar-refractivity contribution in [1.82, 2.24) is 4.90 Å². The van der Waals surface area contributed by atoms with Gasteiger partial charge in [-0.1, -0.05) is 11.6 Å². The van der Waals surface area contributed by atoms with E-state index in [1.54, 1.807) is 0 Å². The van der Waals surface area contributed by atoms with Crippen molar-refractivity contribution in [2.24, 2.45) is 0 Å². The quantitative estimate of drug-likeness (QED) is 0.683. The highest BCUT2D eigenvalue weighted by atomic mass is 16.4. The average Bonchev–Trinajstić information content (AvgIpc) is 2.20. The summed E-state index contributed by atoms with van der Waals surface area (Å²) in [6.45, 7) is 5.28. The van der Waals surface area contributed by atoms with Crippen molar-refractivity contribution in [3.05, 3.63) is 11.6 Å². The van der Waals surface area contributed by atoms with Crippen LogP contribution in [-0.2, 0) is 4.79 Å². The van der Waals surface area contributed by atoms with Crippen LogP contribution in [0, 0.1) is 0 Å². The monoisotopic (exact) mass is 213 g/mol. The number of hydrogen-bond acceptors (Lipinski definition) is 3. The fourth-order valence-electron chi connectivity index (χ4n) is 1.85. The van der Waals surface area contributed by atoms with Crippen molar-refractivity contribution in [1.29, 1.82) is 0 Å². The molecule has 0 unspecified atom stereocenters. The molecule has 4 heteroatoms. The van der Waals surface area contributed by atoms with Crippen molar-refractivity contribution in [3.63, 3.8) is 0 Å². The van der Waals surface area contributed by atoms with Gasteiger partial charge in [0.2, 0.25) is 0 Å². The van der Waals surface area contributed by atoms with Crippen LogP contribution in [0.4, 0.5) is 0 Å². The number of aliphatic hydroxyl groups is 1. The smallest absolute Gasteiger partial charge is 0.321 e. The summed E-state index contributed by atoms with van der Waals surface area (Å²) in [6.07, 6.45) is 2.53. The molecule has 4 nitrogen and oxygen atoms in total. The highest BCUT2D eigenvalue weighted by Gasteiger charge is 2.32. The van der Waals surface area contributed by atoms with Gasteiger partial charge in [0.25, 0.3) is 0 Å².